The zero-order valence-electron chi connectivity index (χ0n) is 19.5. The molecule has 2 atom stereocenters. The van der Waals surface area contributed by atoms with E-state index in [1.165, 1.54) is 10.4 Å². The Morgan fingerprint density at radius 1 is 1.31 bits per heavy atom. The van der Waals surface area contributed by atoms with Crippen LogP contribution in [0.15, 0.2) is 35.7 Å². The van der Waals surface area contributed by atoms with Crippen molar-refractivity contribution in [1.29, 1.82) is 0 Å². The minimum Gasteiger partial charge on any atom is -0.491 e. The van der Waals surface area contributed by atoms with Gasteiger partial charge in [-0.2, -0.15) is 0 Å². The quantitative estimate of drug-likeness (QED) is 0.524. The summed E-state index contributed by atoms with van der Waals surface area (Å²) in [5.74, 6) is 0.936. The van der Waals surface area contributed by atoms with Crippen LogP contribution in [-0.4, -0.2) is 72.9 Å². The SMILES string of the molecule is CCCN(CC(=O)N1CCc2sccc2[C@@H]1COc1ccccc1C)C[C@H](O)COCC. The number of aliphatic hydroxyl groups is 1. The van der Waals surface area contributed by atoms with Crippen LogP contribution in [0.5, 0.6) is 5.75 Å². The Balaban J connectivity index is 1.70. The second-order valence-corrected chi connectivity index (χ2v) is 9.28. The first-order valence-electron chi connectivity index (χ1n) is 11.6. The van der Waals surface area contributed by atoms with Crippen molar-refractivity contribution in [2.75, 3.05) is 46.0 Å². The number of carbonyl (C=O) groups is 1. The van der Waals surface area contributed by atoms with Gasteiger partial charge >= 0.3 is 0 Å². The summed E-state index contributed by atoms with van der Waals surface area (Å²) in [6, 6.07) is 10.00. The zero-order valence-corrected chi connectivity index (χ0v) is 20.3. The van der Waals surface area contributed by atoms with E-state index in [1.54, 1.807) is 11.3 Å². The van der Waals surface area contributed by atoms with Crippen LogP contribution in [0.3, 0.4) is 0 Å². The van der Waals surface area contributed by atoms with Crippen molar-refractivity contribution in [1.82, 2.24) is 9.80 Å². The normalized spacial score (nSPS) is 16.8. The number of amides is 1. The summed E-state index contributed by atoms with van der Waals surface area (Å²) in [6.07, 6.45) is 1.20. The van der Waals surface area contributed by atoms with E-state index in [0.29, 0.717) is 32.9 Å². The number of fused-ring (bicyclic) bond motifs is 1. The number of nitrogens with zero attached hydrogens (tertiary/aromatic N) is 2. The standard InChI is InChI=1S/C25H36N2O4S/c1-4-12-26(15-20(28)17-30-5-2)16-25(29)27-13-10-24-21(11-14-32-24)22(27)18-31-23-9-7-6-8-19(23)3/h6-9,11,14,20,22,28H,4-5,10,12-13,15-18H2,1-3H3/t20-,22-/m0/s1. The molecule has 32 heavy (non-hydrogen) atoms. The van der Waals surface area contributed by atoms with Crippen molar-refractivity contribution in [3.63, 3.8) is 0 Å². The van der Waals surface area contributed by atoms with Gasteiger partial charge in [0.15, 0.2) is 0 Å². The number of thiophene rings is 1. The number of hydrogen-bond acceptors (Lipinski definition) is 6. The fraction of sp³-hybridized carbons (Fsp3) is 0.560. The maximum atomic E-state index is 13.4. The third-order valence-corrected chi connectivity index (χ3v) is 6.78. The van der Waals surface area contributed by atoms with Gasteiger partial charge in [0.05, 0.1) is 25.3 Å². The van der Waals surface area contributed by atoms with Gasteiger partial charge < -0.3 is 19.5 Å². The lowest BCUT2D eigenvalue weighted by molar-refractivity contribution is -0.136. The molecule has 1 aliphatic heterocycles. The summed E-state index contributed by atoms with van der Waals surface area (Å²) in [4.78, 5) is 18.8. The average molecular weight is 461 g/mol. The highest BCUT2D eigenvalue weighted by molar-refractivity contribution is 7.10. The van der Waals surface area contributed by atoms with E-state index >= 15 is 0 Å². The average Bonchev–Trinajstić information content (AvgIpc) is 3.26. The molecule has 0 radical (unpaired) electrons. The molecule has 0 fully saturated rings. The molecule has 2 aromatic rings. The number of hydrogen-bond donors (Lipinski definition) is 1. The molecular formula is C25H36N2O4S. The topological polar surface area (TPSA) is 62.2 Å². The number of ether oxygens (including phenoxy) is 2. The molecule has 1 aromatic carbocycles. The molecular weight excluding hydrogens is 424 g/mol. The third-order valence-electron chi connectivity index (χ3n) is 5.79. The van der Waals surface area contributed by atoms with Crippen LogP contribution in [0.4, 0.5) is 0 Å². The second kappa shape index (κ2) is 12.3. The van der Waals surface area contributed by atoms with Gasteiger partial charge in [0, 0.05) is 24.6 Å². The molecule has 1 aromatic heterocycles. The molecule has 0 aliphatic carbocycles. The first-order valence-corrected chi connectivity index (χ1v) is 12.4. The summed E-state index contributed by atoms with van der Waals surface area (Å²) in [5, 5.41) is 12.4. The highest BCUT2D eigenvalue weighted by Crippen LogP contribution is 2.34. The predicted molar refractivity (Wildman–Crippen MR) is 128 cm³/mol. The number of aliphatic hydroxyl groups excluding tert-OH is 1. The molecule has 1 N–H and O–H groups in total. The van der Waals surface area contributed by atoms with Crippen molar-refractivity contribution in [2.45, 2.75) is 45.8 Å². The Hall–Kier alpha value is -1.93. The van der Waals surface area contributed by atoms with Gasteiger partial charge in [-0.15, -0.1) is 11.3 Å². The first-order chi connectivity index (χ1) is 15.5. The molecule has 3 rings (SSSR count). The summed E-state index contributed by atoms with van der Waals surface area (Å²) in [5.41, 5.74) is 2.28. The smallest absolute Gasteiger partial charge is 0.237 e. The highest BCUT2D eigenvalue weighted by atomic mass is 32.1. The van der Waals surface area contributed by atoms with E-state index in [-0.39, 0.29) is 18.5 Å². The van der Waals surface area contributed by atoms with Gasteiger partial charge in [-0.05, 0) is 61.9 Å². The van der Waals surface area contributed by atoms with E-state index in [1.807, 2.05) is 47.9 Å². The maximum absolute atomic E-state index is 13.4. The summed E-state index contributed by atoms with van der Waals surface area (Å²) in [7, 11) is 0. The van der Waals surface area contributed by atoms with Gasteiger partial charge in [-0.3, -0.25) is 9.69 Å². The molecule has 1 amide bonds. The maximum Gasteiger partial charge on any atom is 0.237 e. The zero-order chi connectivity index (χ0) is 22.9. The van der Waals surface area contributed by atoms with Crippen molar-refractivity contribution >= 4 is 17.2 Å². The molecule has 0 saturated heterocycles. The molecule has 176 valence electrons. The van der Waals surface area contributed by atoms with E-state index in [2.05, 4.69) is 18.4 Å². The molecule has 0 unspecified atom stereocenters. The van der Waals surface area contributed by atoms with Crippen LogP contribution in [0.25, 0.3) is 0 Å². The molecule has 7 heteroatoms. The Labute approximate surface area is 195 Å². The minimum absolute atomic E-state index is 0.0808. The highest BCUT2D eigenvalue weighted by Gasteiger charge is 2.33. The number of aryl methyl sites for hydroxylation is 1. The first kappa shape index (κ1) is 24.7. The van der Waals surface area contributed by atoms with Crippen LogP contribution >= 0.6 is 11.3 Å². The summed E-state index contributed by atoms with van der Waals surface area (Å²) < 4.78 is 11.5. The lowest BCUT2D eigenvalue weighted by atomic mass is 10.00. The molecule has 0 spiro atoms. The number of rotatable bonds is 12. The lowest BCUT2D eigenvalue weighted by Crippen LogP contribution is -2.48. The summed E-state index contributed by atoms with van der Waals surface area (Å²) in [6.45, 7) is 9.50. The van der Waals surface area contributed by atoms with Crippen LogP contribution < -0.4 is 4.74 Å². The Kier molecular flexibility index (Phi) is 9.53. The van der Waals surface area contributed by atoms with Crippen LogP contribution in [0, 0.1) is 6.92 Å². The minimum atomic E-state index is -0.598. The predicted octanol–water partition coefficient (Wildman–Crippen LogP) is 3.67. The van der Waals surface area contributed by atoms with Gasteiger partial charge in [0.25, 0.3) is 0 Å². The Bertz CT molecular complexity index is 856. The molecule has 6 nitrogen and oxygen atoms in total. The van der Waals surface area contributed by atoms with Crippen LogP contribution in [-0.2, 0) is 16.0 Å². The van der Waals surface area contributed by atoms with Gasteiger partial charge in [-0.25, -0.2) is 0 Å². The number of carbonyl (C=O) groups excluding carboxylic acids is 1. The van der Waals surface area contributed by atoms with Crippen molar-refractivity contribution in [2.24, 2.45) is 0 Å². The van der Waals surface area contributed by atoms with Gasteiger partial charge in [0.1, 0.15) is 12.4 Å². The Morgan fingerprint density at radius 3 is 2.88 bits per heavy atom. The fourth-order valence-corrected chi connectivity index (χ4v) is 5.13. The Morgan fingerprint density at radius 2 is 2.12 bits per heavy atom. The van der Waals surface area contributed by atoms with E-state index < -0.39 is 6.10 Å². The van der Waals surface area contributed by atoms with E-state index in [9.17, 15) is 9.90 Å². The van der Waals surface area contributed by atoms with Crippen LogP contribution in [0.2, 0.25) is 0 Å². The van der Waals surface area contributed by atoms with Crippen molar-refractivity contribution in [3.8, 4) is 5.75 Å². The number of benzene rings is 1. The van der Waals surface area contributed by atoms with Gasteiger partial charge in [0.2, 0.25) is 5.91 Å². The lowest BCUT2D eigenvalue weighted by Gasteiger charge is -2.37. The molecule has 1 aliphatic rings. The molecule has 0 saturated carbocycles. The summed E-state index contributed by atoms with van der Waals surface area (Å²) >= 11 is 1.75. The largest absolute Gasteiger partial charge is 0.491 e. The second-order valence-electron chi connectivity index (χ2n) is 8.28. The third kappa shape index (κ3) is 6.54. The van der Waals surface area contributed by atoms with Crippen molar-refractivity contribution < 1.29 is 19.4 Å². The molecule has 2 heterocycles. The fourth-order valence-electron chi connectivity index (χ4n) is 4.20. The van der Waals surface area contributed by atoms with Crippen molar-refractivity contribution in [3.05, 3.63) is 51.7 Å². The number of para-hydroxylation sites is 1. The monoisotopic (exact) mass is 460 g/mol. The van der Waals surface area contributed by atoms with E-state index in [4.69, 9.17) is 9.47 Å². The van der Waals surface area contributed by atoms with E-state index in [0.717, 1.165) is 30.7 Å². The van der Waals surface area contributed by atoms with Gasteiger partial charge in [-0.1, -0.05) is 25.1 Å². The van der Waals surface area contributed by atoms with Crippen LogP contribution in [0.1, 0.15) is 42.3 Å². The molecule has 0 bridgehead atoms.